The van der Waals surface area contributed by atoms with Crippen molar-refractivity contribution in [2.45, 2.75) is 46.1 Å². The van der Waals surface area contributed by atoms with Crippen molar-refractivity contribution in [2.75, 3.05) is 5.73 Å². The highest BCUT2D eigenvalue weighted by atomic mass is 15.3. The maximum absolute atomic E-state index is 8.98. The highest BCUT2D eigenvalue weighted by molar-refractivity contribution is 5.51. The SMILES string of the molecule is Cc1nn(CC2CCCC(C)C2)c(N)c1C#N. The van der Waals surface area contributed by atoms with Crippen molar-refractivity contribution in [3.05, 3.63) is 11.3 Å². The quantitative estimate of drug-likeness (QED) is 0.851. The molecule has 1 aliphatic rings. The lowest BCUT2D eigenvalue weighted by Crippen LogP contribution is -2.20. The summed E-state index contributed by atoms with van der Waals surface area (Å²) in [7, 11) is 0. The molecule has 0 saturated heterocycles. The van der Waals surface area contributed by atoms with Gasteiger partial charge in [0.05, 0.1) is 5.69 Å². The molecule has 1 aromatic heterocycles. The summed E-state index contributed by atoms with van der Waals surface area (Å²) in [5, 5.41) is 13.3. The minimum atomic E-state index is 0.531. The average Bonchev–Trinajstić information content (AvgIpc) is 2.54. The van der Waals surface area contributed by atoms with Gasteiger partial charge in [0.15, 0.2) is 0 Å². The number of hydrogen-bond donors (Lipinski definition) is 1. The van der Waals surface area contributed by atoms with Gasteiger partial charge >= 0.3 is 0 Å². The van der Waals surface area contributed by atoms with Crippen LogP contribution in [0.15, 0.2) is 0 Å². The molecule has 0 bridgehead atoms. The predicted molar refractivity (Wildman–Crippen MR) is 67.2 cm³/mol. The Kier molecular flexibility index (Phi) is 3.37. The lowest BCUT2D eigenvalue weighted by atomic mass is 9.82. The molecule has 0 radical (unpaired) electrons. The van der Waals surface area contributed by atoms with Gasteiger partial charge in [-0.1, -0.05) is 19.8 Å². The number of nitriles is 1. The molecule has 4 heteroatoms. The van der Waals surface area contributed by atoms with Crippen molar-refractivity contribution in [3.63, 3.8) is 0 Å². The van der Waals surface area contributed by atoms with Crippen molar-refractivity contribution >= 4 is 5.82 Å². The number of aryl methyl sites for hydroxylation is 1. The molecule has 0 aliphatic heterocycles. The van der Waals surface area contributed by atoms with Gasteiger partial charge in [-0.3, -0.25) is 0 Å². The summed E-state index contributed by atoms with van der Waals surface area (Å²) in [6, 6.07) is 2.12. The molecule has 2 unspecified atom stereocenters. The molecule has 4 nitrogen and oxygen atoms in total. The fourth-order valence-electron chi connectivity index (χ4n) is 2.85. The van der Waals surface area contributed by atoms with Crippen LogP contribution in [-0.2, 0) is 6.54 Å². The van der Waals surface area contributed by atoms with E-state index in [1.165, 1.54) is 25.7 Å². The van der Waals surface area contributed by atoms with E-state index in [1.54, 1.807) is 0 Å². The van der Waals surface area contributed by atoms with Crippen molar-refractivity contribution < 1.29 is 0 Å². The Morgan fingerprint density at radius 3 is 2.88 bits per heavy atom. The second kappa shape index (κ2) is 4.79. The molecule has 2 N–H and O–H groups in total. The van der Waals surface area contributed by atoms with E-state index in [0.717, 1.165) is 18.2 Å². The van der Waals surface area contributed by atoms with Crippen molar-refractivity contribution in [1.29, 1.82) is 5.26 Å². The molecule has 2 rings (SSSR count). The lowest BCUT2D eigenvalue weighted by molar-refractivity contribution is 0.251. The van der Waals surface area contributed by atoms with Crippen LogP contribution in [0.25, 0.3) is 0 Å². The van der Waals surface area contributed by atoms with E-state index in [1.807, 2.05) is 11.6 Å². The molecule has 17 heavy (non-hydrogen) atoms. The fourth-order valence-corrected chi connectivity index (χ4v) is 2.85. The smallest absolute Gasteiger partial charge is 0.140 e. The third-order valence-corrected chi connectivity index (χ3v) is 3.75. The molecule has 92 valence electrons. The first-order chi connectivity index (χ1) is 8.11. The number of rotatable bonds is 2. The monoisotopic (exact) mass is 232 g/mol. The van der Waals surface area contributed by atoms with Crippen LogP contribution in [-0.4, -0.2) is 9.78 Å². The van der Waals surface area contributed by atoms with Crippen LogP contribution in [0.2, 0.25) is 0 Å². The second-order valence-electron chi connectivity index (χ2n) is 5.28. The van der Waals surface area contributed by atoms with E-state index >= 15 is 0 Å². The standard InChI is InChI=1S/C13H20N4/c1-9-4-3-5-11(6-9)8-17-13(15)12(7-14)10(2)16-17/h9,11H,3-6,8,15H2,1-2H3. The van der Waals surface area contributed by atoms with Crippen LogP contribution in [0.1, 0.15) is 43.9 Å². The lowest BCUT2D eigenvalue weighted by Gasteiger charge is -2.26. The van der Waals surface area contributed by atoms with Crippen LogP contribution in [0.3, 0.4) is 0 Å². The normalized spacial score (nSPS) is 24.5. The number of anilines is 1. The maximum Gasteiger partial charge on any atom is 0.140 e. The van der Waals surface area contributed by atoms with Crippen molar-refractivity contribution in [3.8, 4) is 6.07 Å². The minimum Gasteiger partial charge on any atom is -0.383 e. The third-order valence-electron chi connectivity index (χ3n) is 3.75. The van der Waals surface area contributed by atoms with E-state index in [9.17, 15) is 0 Å². The van der Waals surface area contributed by atoms with Crippen molar-refractivity contribution in [2.24, 2.45) is 11.8 Å². The van der Waals surface area contributed by atoms with Gasteiger partial charge in [0, 0.05) is 6.54 Å². The first-order valence-electron chi connectivity index (χ1n) is 6.34. The fraction of sp³-hybridized carbons (Fsp3) is 0.692. The Hall–Kier alpha value is -1.50. The van der Waals surface area contributed by atoms with E-state index in [0.29, 0.717) is 17.3 Å². The van der Waals surface area contributed by atoms with Crippen LogP contribution in [0.4, 0.5) is 5.82 Å². The van der Waals surface area contributed by atoms with Gasteiger partial charge in [-0.05, 0) is 31.6 Å². The second-order valence-corrected chi connectivity index (χ2v) is 5.28. The molecule has 1 fully saturated rings. The number of nitrogens with zero attached hydrogens (tertiary/aromatic N) is 3. The summed E-state index contributed by atoms with van der Waals surface area (Å²) in [5.74, 6) is 2.00. The summed E-state index contributed by atoms with van der Waals surface area (Å²) in [4.78, 5) is 0. The van der Waals surface area contributed by atoms with Crippen LogP contribution < -0.4 is 5.73 Å². The Balaban J connectivity index is 2.11. The van der Waals surface area contributed by atoms with E-state index in [-0.39, 0.29) is 0 Å². The van der Waals surface area contributed by atoms with E-state index in [4.69, 9.17) is 11.0 Å². The Bertz CT molecular complexity index is 441. The largest absolute Gasteiger partial charge is 0.383 e. The van der Waals surface area contributed by atoms with Gasteiger partial charge in [0.25, 0.3) is 0 Å². The molecule has 1 heterocycles. The molecule has 0 amide bonds. The van der Waals surface area contributed by atoms with Gasteiger partial charge in [0.1, 0.15) is 17.5 Å². The number of hydrogen-bond acceptors (Lipinski definition) is 3. The minimum absolute atomic E-state index is 0.531. The van der Waals surface area contributed by atoms with Crippen LogP contribution in [0, 0.1) is 30.1 Å². The summed E-state index contributed by atoms with van der Waals surface area (Å²) in [6.45, 7) is 5.01. The molecule has 1 aromatic rings. The molecule has 1 aliphatic carbocycles. The molecular formula is C13H20N4. The van der Waals surface area contributed by atoms with Crippen molar-refractivity contribution in [1.82, 2.24) is 9.78 Å². The topological polar surface area (TPSA) is 67.6 Å². The molecular weight excluding hydrogens is 212 g/mol. The van der Waals surface area contributed by atoms with E-state index < -0.39 is 0 Å². The number of aromatic nitrogens is 2. The average molecular weight is 232 g/mol. The zero-order chi connectivity index (χ0) is 12.4. The van der Waals surface area contributed by atoms with Gasteiger partial charge in [-0.15, -0.1) is 0 Å². The number of nitrogens with two attached hydrogens (primary N) is 1. The highest BCUT2D eigenvalue weighted by Gasteiger charge is 2.21. The van der Waals surface area contributed by atoms with Gasteiger partial charge < -0.3 is 5.73 Å². The molecule has 1 saturated carbocycles. The molecule has 0 aromatic carbocycles. The van der Waals surface area contributed by atoms with E-state index in [2.05, 4.69) is 18.1 Å². The zero-order valence-corrected chi connectivity index (χ0v) is 10.6. The summed E-state index contributed by atoms with van der Waals surface area (Å²) in [6.07, 6.45) is 5.15. The molecule has 0 spiro atoms. The van der Waals surface area contributed by atoms with Gasteiger partial charge in [-0.25, -0.2) is 4.68 Å². The predicted octanol–water partition coefficient (Wildman–Crippen LogP) is 2.47. The van der Waals surface area contributed by atoms with Crippen LogP contribution in [0.5, 0.6) is 0 Å². The Morgan fingerprint density at radius 2 is 2.29 bits per heavy atom. The molecule has 2 atom stereocenters. The first-order valence-corrected chi connectivity index (χ1v) is 6.34. The summed E-state index contributed by atoms with van der Waals surface area (Å²) < 4.78 is 1.82. The Labute approximate surface area is 102 Å². The summed E-state index contributed by atoms with van der Waals surface area (Å²) >= 11 is 0. The third kappa shape index (κ3) is 2.44. The number of nitrogen functional groups attached to an aromatic ring is 1. The highest BCUT2D eigenvalue weighted by Crippen LogP contribution is 2.30. The maximum atomic E-state index is 8.98. The van der Waals surface area contributed by atoms with Gasteiger partial charge in [0.2, 0.25) is 0 Å². The Morgan fingerprint density at radius 1 is 1.53 bits per heavy atom. The first kappa shape index (κ1) is 12.0. The summed E-state index contributed by atoms with van der Waals surface area (Å²) in [5.41, 5.74) is 7.22. The van der Waals surface area contributed by atoms with Crippen LogP contribution >= 0.6 is 0 Å². The zero-order valence-electron chi connectivity index (χ0n) is 10.6. The van der Waals surface area contributed by atoms with Gasteiger partial charge in [-0.2, -0.15) is 10.4 Å².